The molecule has 1 aromatic heterocycles. The molecule has 1 fully saturated rings. The van der Waals surface area contributed by atoms with Crippen LogP contribution in [0.25, 0.3) is 0 Å². The first-order chi connectivity index (χ1) is 9.62. The second-order valence-electron chi connectivity index (χ2n) is 5.21. The van der Waals surface area contributed by atoms with Gasteiger partial charge in [0, 0.05) is 12.6 Å². The Morgan fingerprint density at radius 2 is 2.10 bits per heavy atom. The number of aromatic nitrogens is 2. The molecular formula is C14H23ClN4O2. The Bertz CT molecular complexity index is 554. The van der Waals surface area contributed by atoms with E-state index in [4.69, 9.17) is 5.73 Å². The van der Waals surface area contributed by atoms with Crippen LogP contribution < -0.4 is 16.6 Å². The Kier molecular flexibility index (Phi) is 6.36. The molecule has 7 heteroatoms. The van der Waals surface area contributed by atoms with Crippen LogP contribution in [0.4, 0.5) is 0 Å². The van der Waals surface area contributed by atoms with Crippen molar-refractivity contribution in [3.63, 3.8) is 0 Å². The lowest BCUT2D eigenvalue weighted by molar-refractivity contribution is 0.0930. The molecule has 4 N–H and O–H groups in total. The van der Waals surface area contributed by atoms with Crippen LogP contribution in [0.2, 0.25) is 0 Å². The van der Waals surface area contributed by atoms with E-state index in [1.807, 2.05) is 13.8 Å². The first kappa shape index (κ1) is 17.7. The van der Waals surface area contributed by atoms with E-state index < -0.39 is 5.56 Å². The maximum atomic E-state index is 12.4. The van der Waals surface area contributed by atoms with Gasteiger partial charge in [-0.3, -0.25) is 9.59 Å². The van der Waals surface area contributed by atoms with Crippen molar-refractivity contribution in [2.45, 2.75) is 45.6 Å². The van der Waals surface area contributed by atoms with Crippen LogP contribution in [0.15, 0.2) is 4.79 Å². The lowest BCUT2D eigenvalue weighted by Crippen LogP contribution is -2.44. The summed E-state index contributed by atoms with van der Waals surface area (Å²) in [5, 5.41) is 9.33. The summed E-state index contributed by atoms with van der Waals surface area (Å²) in [4.78, 5) is 24.4. The SMILES string of the molecule is CCc1n[nH]c(=O)c(C(=O)NC(CN)C2CC2)c1CC.Cl. The Hall–Kier alpha value is -1.40. The van der Waals surface area contributed by atoms with Crippen molar-refractivity contribution >= 4 is 18.3 Å². The highest BCUT2D eigenvalue weighted by Gasteiger charge is 2.32. The monoisotopic (exact) mass is 314 g/mol. The topological polar surface area (TPSA) is 101 Å². The number of nitrogens with zero attached hydrogens (tertiary/aromatic N) is 1. The van der Waals surface area contributed by atoms with Crippen LogP contribution in [-0.2, 0) is 12.8 Å². The Morgan fingerprint density at radius 1 is 1.43 bits per heavy atom. The number of hydrogen-bond donors (Lipinski definition) is 3. The van der Waals surface area contributed by atoms with Gasteiger partial charge in [-0.25, -0.2) is 5.10 Å². The van der Waals surface area contributed by atoms with Gasteiger partial charge in [0.15, 0.2) is 0 Å². The molecule has 0 saturated heterocycles. The molecule has 1 aliphatic rings. The van der Waals surface area contributed by atoms with Gasteiger partial charge in [-0.1, -0.05) is 13.8 Å². The molecule has 1 heterocycles. The molecule has 0 spiro atoms. The predicted octanol–water partition coefficient (Wildman–Crippen LogP) is 0.784. The van der Waals surface area contributed by atoms with Crippen molar-refractivity contribution in [2.75, 3.05) is 6.54 Å². The van der Waals surface area contributed by atoms with E-state index in [0.717, 1.165) is 24.1 Å². The maximum absolute atomic E-state index is 12.4. The second-order valence-corrected chi connectivity index (χ2v) is 5.21. The van der Waals surface area contributed by atoms with Gasteiger partial charge in [0.1, 0.15) is 5.56 Å². The quantitative estimate of drug-likeness (QED) is 0.722. The van der Waals surface area contributed by atoms with Gasteiger partial charge in [-0.05, 0) is 37.2 Å². The molecule has 1 saturated carbocycles. The number of carbonyl (C=O) groups is 1. The first-order valence-corrected chi connectivity index (χ1v) is 7.23. The van der Waals surface area contributed by atoms with Crippen molar-refractivity contribution < 1.29 is 4.79 Å². The van der Waals surface area contributed by atoms with Gasteiger partial charge >= 0.3 is 0 Å². The second kappa shape index (κ2) is 7.56. The maximum Gasteiger partial charge on any atom is 0.277 e. The fourth-order valence-electron chi connectivity index (χ4n) is 2.54. The van der Waals surface area contributed by atoms with Crippen LogP contribution in [-0.4, -0.2) is 28.7 Å². The zero-order valence-electron chi connectivity index (χ0n) is 12.4. The average Bonchev–Trinajstić information content (AvgIpc) is 3.28. The number of halogens is 1. The summed E-state index contributed by atoms with van der Waals surface area (Å²) in [6.45, 7) is 4.28. The largest absolute Gasteiger partial charge is 0.348 e. The van der Waals surface area contributed by atoms with Crippen molar-refractivity contribution in [3.8, 4) is 0 Å². The van der Waals surface area contributed by atoms with Gasteiger partial charge < -0.3 is 11.1 Å². The van der Waals surface area contributed by atoms with E-state index in [1.54, 1.807) is 0 Å². The minimum Gasteiger partial charge on any atom is -0.348 e. The van der Waals surface area contributed by atoms with Crippen LogP contribution in [0, 0.1) is 5.92 Å². The van der Waals surface area contributed by atoms with E-state index in [2.05, 4.69) is 15.5 Å². The zero-order valence-corrected chi connectivity index (χ0v) is 13.3. The Labute approximate surface area is 130 Å². The molecule has 0 bridgehead atoms. The van der Waals surface area contributed by atoms with Crippen molar-refractivity contribution in [2.24, 2.45) is 11.7 Å². The third-order valence-corrected chi connectivity index (χ3v) is 3.85. The van der Waals surface area contributed by atoms with Crippen LogP contribution in [0.5, 0.6) is 0 Å². The van der Waals surface area contributed by atoms with E-state index in [9.17, 15) is 9.59 Å². The summed E-state index contributed by atoms with van der Waals surface area (Å²) in [5.41, 5.74) is 6.96. The van der Waals surface area contributed by atoms with E-state index >= 15 is 0 Å². The van der Waals surface area contributed by atoms with Gasteiger partial charge in [0.2, 0.25) is 0 Å². The van der Waals surface area contributed by atoms with Crippen LogP contribution >= 0.6 is 12.4 Å². The average molecular weight is 315 g/mol. The number of H-pyrrole nitrogens is 1. The number of rotatable bonds is 6. The molecule has 6 nitrogen and oxygen atoms in total. The number of nitrogens with one attached hydrogen (secondary N) is 2. The Morgan fingerprint density at radius 3 is 2.57 bits per heavy atom. The van der Waals surface area contributed by atoms with Crippen molar-refractivity contribution in [3.05, 3.63) is 27.2 Å². The molecule has 1 atom stereocenters. The standard InChI is InChI=1S/C14H22N4O2.ClH/c1-3-9-10(4-2)17-18-14(20)12(9)13(19)16-11(7-15)8-5-6-8;/h8,11H,3-7,15H2,1-2H3,(H,16,19)(H,18,20);1H. The van der Waals surface area contributed by atoms with E-state index in [-0.39, 0.29) is 29.9 Å². The molecule has 1 amide bonds. The molecule has 0 aromatic carbocycles. The number of nitrogens with two attached hydrogens (primary N) is 1. The fraction of sp³-hybridized carbons (Fsp3) is 0.643. The predicted molar refractivity (Wildman–Crippen MR) is 83.9 cm³/mol. The molecular weight excluding hydrogens is 292 g/mol. The van der Waals surface area contributed by atoms with Crippen LogP contribution in [0.3, 0.4) is 0 Å². The van der Waals surface area contributed by atoms with Gasteiger partial charge in [-0.15, -0.1) is 12.4 Å². The van der Waals surface area contributed by atoms with Gasteiger partial charge in [-0.2, -0.15) is 5.10 Å². The number of aromatic amines is 1. The highest BCUT2D eigenvalue weighted by Crippen LogP contribution is 2.32. The third kappa shape index (κ3) is 3.83. The smallest absolute Gasteiger partial charge is 0.277 e. The van der Waals surface area contributed by atoms with Gasteiger partial charge in [0.25, 0.3) is 11.5 Å². The minimum absolute atomic E-state index is 0. The van der Waals surface area contributed by atoms with Crippen LogP contribution in [0.1, 0.15) is 48.3 Å². The molecule has 118 valence electrons. The van der Waals surface area contributed by atoms with Gasteiger partial charge in [0.05, 0.1) is 5.69 Å². The number of carbonyl (C=O) groups excluding carboxylic acids is 1. The highest BCUT2D eigenvalue weighted by atomic mass is 35.5. The summed E-state index contributed by atoms with van der Waals surface area (Å²) in [5.74, 6) is 0.128. The molecule has 0 aliphatic heterocycles. The highest BCUT2D eigenvalue weighted by molar-refractivity contribution is 5.95. The third-order valence-electron chi connectivity index (χ3n) is 3.85. The van der Waals surface area contributed by atoms with E-state index in [0.29, 0.717) is 25.3 Å². The van der Waals surface area contributed by atoms with Crippen molar-refractivity contribution in [1.82, 2.24) is 15.5 Å². The molecule has 2 rings (SSSR count). The Balaban J connectivity index is 0.00000220. The number of aryl methyl sites for hydroxylation is 1. The molecule has 1 unspecified atom stereocenters. The zero-order chi connectivity index (χ0) is 14.7. The fourth-order valence-corrected chi connectivity index (χ4v) is 2.54. The van der Waals surface area contributed by atoms with Crippen molar-refractivity contribution in [1.29, 1.82) is 0 Å². The normalized spacial score (nSPS) is 15.2. The summed E-state index contributed by atoms with van der Waals surface area (Å²) in [6.07, 6.45) is 3.48. The minimum atomic E-state index is -0.428. The summed E-state index contributed by atoms with van der Waals surface area (Å²) < 4.78 is 0. The molecule has 0 radical (unpaired) electrons. The summed E-state index contributed by atoms with van der Waals surface area (Å²) in [7, 11) is 0. The number of amides is 1. The lowest BCUT2D eigenvalue weighted by atomic mass is 10.0. The molecule has 21 heavy (non-hydrogen) atoms. The molecule has 1 aromatic rings. The summed E-state index contributed by atoms with van der Waals surface area (Å²) in [6, 6.07) is -0.0372. The lowest BCUT2D eigenvalue weighted by Gasteiger charge is -2.17. The first-order valence-electron chi connectivity index (χ1n) is 7.23. The number of hydrogen-bond acceptors (Lipinski definition) is 4. The summed E-state index contributed by atoms with van der Waals surface area (Å²) >= 11 is 0. The van der Waals surface area contributed by atoms with E-state index in [1.165, 1.54) is 0 Å². The molecule has 1 aliphatic carbocycles.